The van der Waals surface area contributed by atoms with Crippen LogP contribution in [0.4, 0.5) is 0 Å². The van der Waals surface area contributed by atoms with Gasteiger partial charge in [-0.2, -0.15) is 5.10 Å². The molecule has 10 heteroatoms. The molecule has 0 fully saturated rings. The molecular formula is C33H39N3O7. The van der Waals surface area contributed by atoms with Crippen LogP contribution in [0.25, 0.3) is 16.9 Å². The maximum atomic E-state index is 13.7. The lowest BCUT2D eigenvalue weighted by molar-refractivity contribution is -0.148. The van der Waals surface area contributed by atoms with Gasteiger partial charge >= 0.3 is 11.9 Å². The Labute approximate surface area is 252 Å². The minimum absolute atomic E-state index is 0.0543. The summed E-state index contributed by atoms with van der Waals surface area (Å²) in [5.74, 6) is -2.01. The highest BCUT2D eigenvalue weighted by Gasteiger charge is 2.44. The second kappa shape index (κ2) is 14.8. The smallest absolute Gasteiger partial charge is 0.336 e. The molecule has 0 amide bonds. The minimum Gasteiger partial charge on any atom is -0.494 e. The summed E-state index contributed by atoms with van der Waals surface area (Å²) in [5.41, 5.74) is 5.10. The van der Waals surface area contributed by atoms with Gasteiger partial charge in [0.15, 0.2) is 0 Å². The van der Waals surface area contributed by atoms with E-state index in [9.17, 15) is 9.59 Å². The topological polar surface area (TPSA) is 110 Å². The van der Waals surface area contributed by atoms with E-state index >= 15 is 0 Å². The molecule has 2 heterocycles. The standard InChI is InChI=1S/C33H39N3O7/c1-7-41-27-14-13-24(19-21(27)2)31-26(20-36(35-31)25-11-9-8-10-12-25)30-28(32(37)42-17-15-39-5)22(3)34-23(4)29(30)33(38)43-18-16-40-6/h8-14,19-20,28,30H,7,15-18H2,1-6H3/t28?,30-/m1/s1. The average molecular weight is 590 g/mol. The number of para-hydroxylation sites is 1. The number of rotatable bonds is 13. The first-order chi connectivity index (χ1) is 20.8. The molecule has 1 aliphatic heterocycles. The van der Waals surface area contributed by atoms with Crippen LogP contribution in [0.1, 0.15) is 37.8 Å². The Morgan fingerprint density at radius 1 is 0.907 bits per heavy atom. The number of aryl methyl sites for hydroxylation is 1. The van der Waals surface area contributed by atoms with Gasteiger partial charge < -0.3 is 23.7 Å². The number of ether oxygens (including phenoxy) is 5. The third-order valence-corrected chi connectivity index (χ3v) is 7.20. The van der Waals surface area contributed by atoms with Crippen LogP contribution in [-0.2, 0) is 28.5 Å². The van der Waals surface area contributed by atoms with E-state index in [-0.39, 0.29) is 32.0 Å². The summed E-state index contributed by atoms with van der Waals surface area (Å²) in [7, 11) is 3.07. The van der Waals surface area contributed by atoms with Gasteiger partial charge in [-0.3, -0.25) is 9.79 Å². The quantitative estimate of drug-likeness (QED) is 0.201. The van der Waals surface area contributed by atoms with Crippen molar-refractivity contribution in [1.29, 1.82) is 0 Å². The largest absolute Gasteiger partial charge is 0.494 e. The molecule has 0 N–H and O–H groups in total. The summed E-state index contributed by atoms with van der Waals surface area (Å²) in [6.45, 7) is 8.56. The number of aromatic nitrogens is 2. The highest BCUT2D eigenvalue weighted by atomic mass is 16.6. The SMILES string of the molecule is CCOc1ccc(-c2nn(-c3ccccc3)cc2[C@H]2C(C(=O)OCCOC)=C(C)N=C(C)C2C(=O)OCCOC)cc1C. The third-order valence-electron chi connectivity index (χ3n) is 7.20. The fraction of sp³-hybridized carbons (Fsp3) is 0.394. The van der Waals surface area contributed by atoms with Crippen molar-refractivity contribution in [1.82, 2.24) is 9.78 Å². The summed E-state index contributed by atoms with van der Waals surface area (Å²) in [5, 5.41) is 5.00. The molecule has 0 spiro atoms. The Morgan fingerprint density at radius 2 is 1.60 bits per heavy atom. The number of carbonyl (C=O) groups is 2. The van der Waals surface area contributed by atoms with Crippen LogP contribution in [0.3, 0.4) is 0 Å². The van der Waals surface area contributed by atoms with Crippen molar-refractivity contribution in [2.45, 2.75) is 33.6 Å². The summed E-state index contributed by atoms with van der Waals surface area (Å²) in [4.78, 5) is 32.0. The molecular weight excluding hydrogens is 550 g/mol. The monoisotopic (exact) mass is 589 g/mol. The molecule has 0 bridgehead atoms. The first-order valence-electron chi connectivity index (χ1n) is 14.3. The van der Waals surface area contributed by atoms with Crippen LogP contribution in [0, 0.1) is 12.8 Å². The van der Waals surface area contributed by atoms with Crippen LogP contribution in [0.2, 0.25) is 0 Å². The van der Waals surface area contributed by atoms with Crippen molar-refractivity contribution in [2.24, 2.45) is 10.9 Å². The Bertz CT molecular complexity index is 1490. The molecule has 228 valence electrons. The Balaban J connectivity index is 1.93. The van der Waals surface area contributed by atoms with Gasteiger partial charge in [-0.1, -0.05) is 18.2 Å². The number of nitrogens with zero attached hydrogens (tertiary/aromatic N) is 3. The van der Waals surface area contributed by atoms with E-state index in [0.717, 1.165) is 22.6 Å². The van der Waals surface area contributed by atoms with E-state index < -0.39 is 23.8 Å². The Hall–Kier alpha value is -4.28. The van der Waals surface area contributed by atoms with E-state index in [1.807, 2.05) is 68.6 Å². The van der Waals surface area contributed by atoms with Crippen molar-refractivity contribution in [2.75, 3.05) is 47.3 Å². The van der Waals surface area contributed by atoms with Gasteiger partial charge in [0.25, 0.3) is 0 Å². The number of carbonyl (C=O) groups excluding carboxylic acids is 2. The van der Waals surface area contributed by atoms with Crippen molar-refractivity contribution in [3.05, 3.63) is 77.1 Å². The highest BCUT2D eigenvalue weighted by Crippen LogP contribution is 2.44. The molecule has 2 atom stereocenters. The maximum Gasteiger partial charge on any atom is 0.336 e. The lowest BCUT2D eigenvalue weighted by atomic mass is 9.75. The molecule has 43 heavy (non-hydrogen) atoms. The van der Waals surface area contributed by atoms with Crippen LogP contribution in [0.15, 0.2) is 71.0 Å². The second-order valence-electron chi connectivity index (χ2n) is 10.1. The lowest BCUT2D eigenvalue weighted by Gasteiger charge is -2.31. The number of esters is 2. The van der Waals surface area contributed by atoms with Crippen molar-refractivity contribution in [3.8, 4) is 22.7 Å². The molecule has 10 nitrogen and oxygen atoms in total. The van der Waals surface area contributed by atoms with Gasteiger partial charge in [0.1, 0.15) is 24.9 Å². The van der Waals surface area contributed by atoms with E-state index in [1.165, 1.54) is 14.2 Å². The first-order valence-corrected chi connectivity index (χ1v) is 14.3. The molecule has 1 unspecified atom stereocenters. The number of hydrogen-bond acceptors (Lipinski definition) is 9. The molecule has 1 aliphatic rings. The van der Waals surface area contributed by atoms with E-state index in [1.54, 1.807) is 18.5 Å². The molecule has 4 rings (SSSR count). The number of benzene rings is 2. The van der Waals surface area contributed by atoms with E-state index in [4.69, 9.17) is 28.8 Å². The number of hydrogen-bond donors (Lipinski definition) is 0. The molecule has 1 aromatic heterocycles. The summed E-state index contributed by atoms with van der Waals surface area (Å²) >= 11 is 0. The van der Waals surface area contributed by atoms with Gasteiger partial charge in [0, 0.05) is 48.9 Å². The van der Waals surface area contributed by atoms with Gasteiger partial charge in [-0.05, 0) is 63.6 Å². The molecule has 0 radical (unpaired) electrons. The van der Waals surface area contributed by atoms with Gasteiger partial charge in [-0.25, -0.2) is 9.48 Å². The Kier molecular flexibility index (Phi) is 10.9. The predicted octanol–water partition coefficient (Wildman–Crippen LogP) is 5.07. The van der Waals surface area contributed by atoms with E-state index in [0.29, 0.717) is 29.3 Å². The molecule has 0 saturated heterocycles. The van der Waals surface area contributed by atoms with Crippen molar-refractivity contribution in [3.63, 3.8) is 0 Å². The zero-order chi connectivity index (χ0) is 30.9. The van der Waals surface area contributed by atoms with Crippen molar-refractivity contribution >= 4 is 17.7 Å². The number of allylic oxidation sites excluding steroid dienone is 1. The molecule has 0 aliphatic carbocycles. The van der Waals surface area contributed by atoms with Gasteiger partial charge in [0.05, 0.1) is 36.8 Å². The van der Waals surface area contributed by atoms with Crippen LogP contribution >= 0.6 is 0 Å². The summed E-state index contributed by atoms with van der Waals surface area (Å²) in [6, 6.07) is 15.5. The fourth-order valence-electron chi connectivity index (χ4n) is 5.22. The molecule has 0 saturated carbocycles. The third kappa shape index (κ3) is 7.21. The average Bonchev–Trinajstić information content (AvgIpc) is 3.44. The summed E-state index contributed by atoms with van der Waals surface area (Å²) in [6.07, 6.45) is 1.87. The fourth-order valence-corrected chi connectivity index (χ4v) is 5.22. The Morgan fingerprint density at radius 3 is 2.26 bits per heavy atom. The van der Waals surface area contributed by atoms with Gasteiger partial charge in [-0.15, -0.1) is 0 Å². The van der Waals surface area contributed by atoms with Gasteiger partial charge in [0.2, 0.25) is 0 Å². The van der Waals surface area contributed by atoms with E-state index in [2.05, 4.69) is 4.99 Å². The number of aliphatic imine (C=N–C) groups is 1. The predicted molar refractivity (Wildman–Crippen MR) is 163 cm³/mol. The highest BCUT2D eigenvalue weighted by molar-refractivity contribution is 6.07. The summed E-state index contributed by atoms with van der Waals surface area (Å²) < 4.78 is 28.9. The minimum atomic E-state index is -0.901. The van der Waals surface area contributed by atoms with Crippen LogP contribution < -0.4 is 4.74 Å². The maximum absolute atomic E-state index is 13.7. The molecule has 2 aromatic carbocycles. The zero-order valence-electron chi connectivity index (χ0n) is 25.6. The second-order valence-corrected chi connectivity index (χ2v) is 10.1. The van der Waals surface area contributed by atoms with Crippen LogP contribution in [-0.4, -0.2) is 74.7 Å². The molecule has 3 aromatic rings. The van der Waals surface area contributed by atoms with Crippen molar-refractivity contribution < 1.29 is 33.3 Å². The lowest BCUT2D eigenvalue weighted by Crippen LogP contribution is -2.37. The number of methoxy groups -OCH3 is 2. The zero-order valence-corrected chi connectivity index (χ0v) is 25.6. The first kappa shape index (κ1) is 31.7. The normalized spacial score (nSPS) is 16.6. The van der Waals surface area contributed by atoms with Crippen LogP contribution in [0.5, 0.6) is 5.75 Å².